The van der Waals surface area contributed by atoms with Crippen LogP contribution in [0.2, 0.25) is 0 Å². The van der Waals surface area contributed by atoms with Crippen LogP contribution in [0.25, 0.3) is 0 Å². The molecule has 0 atom stereocenters. The molecule has 2 saturated heterocycles. The van der Waals surface area contributed by atoms with Crippen molar-refractivity contribution in [3.8, 4) is 0 Å². The Labute approximate surface area is 164 Å². The molecular formula is C22H24N2O4. The van der Waals surface area contributed by atoms with E-state index in [4.69, 9.17) is 9.47 Å². The molecule has 0 aliphatic carbocycles. The number of piperidine rings is 1. The molecule has 2 amide bonds. The van der Waals surface area contributed by atoms with E-state index in [1.165, 1.54) is 0 Å². The number of likely N-dealkylation sites (tertiary alicyclic amines) is 1. The summed E-state index contributed by atoms with van der Waals surface area (Å²) in [5.74, 6) is -1.56. The number of rotatable bonds is 3. The lowest BCUT2D eigenvalue weighted by molar-refractivity contribution is -0.187. The van der Waals surface area contributed by atoms with E-state index in [1.54, 1.807) is 9.80 Å². The van der Waals surface area contributed by atoms with Crippen LogP contribution in [0.3, 0.4) is 0 Å². The highest BCUT2D eigenvalue weighted by atomic mass is 16.7. The van der Waals surface area contributed by atoms with Gasteiger partial charge in [-0.3, -0.25) is 14.5 Å². The van der Waals surface area contributed by atoms with E-state index in [0.29, 0.717) is 51.4 Å². The summed E-state index contributed by atoms with van der Waals surface area (Å²) in [5.41, 5.74) is 1.68. The molecule has 2 fully saturated rings. The van der Waals surface area contributed by atoms with Crippen molar-refractivity contribution in [2.75, 3.05) is 31.2 Å². The second-order valence-electron chi connectivity index (χ2n) is 7.11. The SMILES string of the molecule is O=C(C(=O)N(Cc1ccccc1)c1ccccc1)N1CCC2(CC1)OCCO2. The van der Waals surface area contributed by atoms with Gasteiger partial charge in [-0.05, 0) is 17.7 Å². The van der Waals surface area contributed by atoms with Crippen LogP contribution in [0.15, 0.2) is 60.7 Å². The number of anilines is 1. The Kier molecular flexibility index (Phi) is 5.41. The van der Waals surface area contributed by atoms with Gasteiger partial charge >= 0.3 is 11.8 Å². The predicted octanol–water partition coefficient (Wildman–Crippen LogP) is 2.59. The molecule has 2 aromatic rings. The maximum absolute atomic E-state index is 13.1. The van der Waals surface area contributed by atoms with Crippen LogP contribution in [-0.4, -0.2) is 48.8 Å². The molecule has 6 heteroatoms. The van der Waals surface area contributed by atoms with Crippen LogP contribution in [0.4, 0.5) is 5.69 Å². The summed E-state index contributed by atoms with van der Waals surface area (Å²) in [6.45, 7) is 2.44. The first-order valence-corrected chi connectivity index (χ1v) is 9.65. The van der Waals surface area contributed by atoms with Gasteiger partial charge < -0.3 is 14.4 Å². The first-order chi connectivity index (χ1) is 13.7. The minimum atomic E-state index is -0.566. The van der Waals surface area contributed by atoms with E-state index < -0.39 is 17.6 Å². The third-order valence-corrected chi connectivity index (χ3v) is 5.31. The van der Waals surface area contributed by atoms with Gasteiger partial charge in [0.2, 0.25) is 0 Å². The van der Waals surface area contributed by atoms with E-state index >= 15 is 0 Å². The topological polar surface area (TPSA) is 59.1 Å². The van der Waals surface area contributed by atoms with Crippen LogP contribution in [0.1, 0.15) is 18.4 Å². The number of hydrogen-bond acceptors (Lipinski definition) is 4. The van der Waals surface area contributed by atoms with Crippen molar-refractivity contribution in [2.45, 2.75) is 25.2 Å². The fourth-order valence-corrected chi connectivity index (χ4v) is 3.74. The van der Waals surface area contributed by atoms with E-state index in [2.05, 4.69) is 0 Å². The summed E-state index contributed by atoms with van der Waals surface area (Å²) in [5, 5.41) is 0. The molecule has 2 heterocycles. The predicted molar refractivity (Wildman–Crippen MR) is 105 cm³/mol. The van der Waals surface area contributed by atoms with Crippen molar-refractivity contribution in [1.29, 1.82) is 0 Å². The zero-order valence-electron chi connectivity index (χ0n) is 15.8. The van der Waals surface area contributed by atoms with Gasteiger partial charge in [0, 0.05) is 31.6 Å². The van der Waals surface area contributed by atoms with Crippen LogP contribution < -0.4 is 4.90 Å². The fourth-order valence-electron chi connectivity index (χ4n) is 3.74. The molecule has 0 aromatic heterocycles. The van der Waals surface area contributed by atoms with E-state index in [9.17, 15) is 9.59 Å². The molecule has 4 rings (SSSR count). The minimum absolute atomic E-state index is 0.347. The summed E-state index contributed by atoms with van der Waals surface area (Å²) in [7, 11) is 0. The lowest BCUT2D eigenvalue weighted by Gasteiger charge is -2.37. The number of hydrogen-bond donors (Lipinski definition) is 0. The van der Waals surface area contributed by atoms with Gasteiger partial charge in [-0.1, -0.05) is 48.5 Å². The number of carbonyl (C=O) groups is 2. The monoisotopic (exact) mass is 380 g/mol. The van der Waals surface area contributed by atoms with Crippen molar-refractivity contribution >= 4 is 17.5 Å². The van der Waals surface area contributed by atoms with Gasteiger partial charge in [-0.2, -0.15) is 0 Å². The normalized spacial score (nSPS) is 18.2. The van der Waals surface area contributed by atoms with Gasteiger partial charge in [0.15, 0.2) is 5.79 Å². The number of carbonyl (C=O) groups excluding carboxylic acids is 2. The van der Waals surface area contributed by atoms with Crippen molar-refractivity contribution in [2.24, 2.45) is 0 Å². The van der Waals surface area contributed by atoms with Crippen LogP contribution in [0, 0.1) is 0 Å². The fraction of sp³-hybridized carbons (Fsp3) is 0.364. The summed E-state index contributed by atoms with van der Waals surface area (Å²) < 4.78 is 11.4. The second kappa shape index (κ2) is 8.12. The number of ether oxygens (including phenoxy) is 2. The summed E-state index contributed by atoms with van der Waals surface area (Å²) in [4.78, 5) is 29.2. The average Bonchev–Trinajstić information content (AvgIpc) is 3.21. The molecule has 0 saturated carbocycles. The molecule has 1 spiro atoms. The molecule has 0 bridgehead atoms. The third kappa shape index (κ3) is 3.93. The van der Waals surface area contributed by atoms with Gasteiger partial charge in [0.25, 0.3) is 0 Å². The standard InChI is InChI=1S/C22H24N2O4/c25-20(23-13-11-22(12-14-23)27-15-16-28-22)21(26)24(19-9-5-2-6-10-19)17-18-7-3-1-4-8-18/h1-10H,11-17H2. The maximum Gasteiger partial charge on any atom is 0.316 e. The van der Waals surface area contributed by atoms with Gasteiger partial charge in [-0.15, -0.1) is 0 Å². The van der Waals surface area contributed by atoms with Crippen molar-refractivity contribution in [1.82, 2.24) is 4.90 Å². The molecular weight excluding hydrogens is 356 g/mol. The van der Waals surface area contributed by atoms with Crippen molar-refractivity contribution < 1.29 is 19.1 Å². The lowest BCUT2D eigenvalue weighted by atomic mass is 10.0. The van der Waals surface area contributed by atoms with E-state index in [1.807, 2.05) is 60.7 Å². The van der Waals surface area contributed by atoms with E-state index in [-0.39, 0.29) is 0 Å². The largest absolute Gasteiger partial charge is 0.347 e. The zero-order valence-corrected chi connectivity index (χ0v) is 15.8. The van der Waals surface area contributed by atoms with Gasteiger partial charge in [0.1, 0.15) is 0 Å². The molecule has 2 aliphatic heterocycles. The Morgan fingerprint density at radius 3 is 2.07 bits per heavy atom. The van der Waals surface area contributed by atoms with Crippen LogP contribution in [-0.2, 0) is 25.6 Å². The van der Waals surface area contributed by atoms with Gasteiger partial charge in [-0.25, -0.2) is 0 Å². The Morgan fingerprint density at radius 2 is 1.46 bits per heavy atom. The first-order valence-electron chi connectivity index (χ1n) is 9.65. The molecule has 6 nitrogen and oxygen atoms in total. The quantitative estimate of drug-likeness (QED) is 0.768. The number of benzene rings is 2. The highest BCUT2D eigenvalue weighted by molar-refractivity contribution is 6.40. The number of amides is 2. The van der Waals surface area contributed by atoms with Crippen LogP contribution >= 0.6 is 0 Å². The van der Waals surface area contributed by atoms with Crippen molar-refractivity contribution in [3.63, 3.8) is 0 Å². The first kappa shape index (κ1) is 18.7. The Morgan fingerprint density at radius 1 is 0.893 bits per heavy atom. The van der Waals surface area contributed by atoms with Crippen LogP contribution in [0.5, 0.6) is 0 Å². The molecule has 28 heavy (non-hydrogen) atoms. The van der Waals surface area contributed by atoms with Crippen molar-refractivity contribution in [3.05, 3.63) is 66.2 Å². The number of nitrogens with zero attached hydrogens (tertiary/aromatic N) is 2. The molecule has 0 N–H and O–H groups in total. The Bertz CT molecular complexity index is 809. The molecule has 2 aliphatic rings. The van der Waals surface area contributed by atoms with Gasteiger partial charge in [0.05, 0.1) is 19.8 Å². The summed E-state index contributed by atoms with van der Waals surface area (Å²) >= 11 is 0. The Balaban J connectivity index is 1.49. The average molecular weight is 380 g/mol. The van der Waals surface area contributed by atoms with E-state index in [0.717, 1.165) is 5.56 Å². The Hall–Kier alpha value is -2.70. The molecule has 0 unspecified atom stereocenters. The molecule has 2 aromatic carbocycles. The summed E-state index contributed by atoms with van der Waals surface area (Å²) in [6.07, 6.45) is 1.19. The highest BCUT2D eigenvalue weighted by Crippen LogP contribution is 2.31. The smallest absolute Gasteiger partial charge is 0.316 e. The molecule has 146 valence electrons. The third-order valence-electron chi connectivity index (χ3n) is 5.31. The number of para-hydroxylation sites is 1. The zero-order chi connectivity index (χ0) is 19.4. The summed E-state index contributed by atoms with van der Waals surface area (Å²) in [6, 6.07) is 19.0. The minimum Gasteiger partial charge on any atom is -0.347 e. The lowest BCUT2D eigenvalue weighted by Crippen LogP contribution is -2.52. The second-order valence-corrected chi connectivity index (χ2v) is 7.11. The highest BCUT2D eigenvalue weighted by Gasteiger charge is 2.42. The molecule has 0 radical (unpaired) electrons. The maximum atomic E-state index is 13.1.